The van der Waals surface area contributed by atoms with Gasteiger partial charge in [0.1, 0.15) is 6.04 Å². The molecule has 1 aliphatic heterocycles. The molecule has 2 fully saturated rings. The Kier molecular flexibility index (Phi) is 4.52. The Labute approximate surface area is 135 Å². The summed E-state index contributed by atoms with van der Waals surface area (Å²) in [7, 11) is 0. The van der Waals surface area contributed by atoms with Crippen LogP contribution in [0.4, 0.5) is 0 Å². The van der Waals surface area contributed by atoms with Crippen molar-refractivity contribution >= 4 is 23.2 Å². The van der Waals surface area contributed by atoms with E-state index in [-0.39, 0.29) is 23.8 Å². The molecule has 22 heavy (non-hydrogen) atoms. The van der Waals surface area contributed by atoms with E-state index in [1.807, 2.05) is 10.3 Å². The van der Waals surface area contributed by atoms with Crippen molar-refractivity contribution in [3.8, 4) is 0 Å². The number of piperidine rings is 1. The second-order valence-corrected chi connectivity index (χ2v) is 7.61. The lowest BCUT2D eigenvalue weighted by Gasteiger charge is -2.35. The number of nitrogens with one attached hydrogen (secondary N) is 1. The van der Waals surface area contributed by atoms with E-state index in [1.165, 1.54) is 10.4 Å². The van der Waals surface area contributed by atoms with Crippen LogP contribution >= 0.6 is 11.3 Å². The highest BCUT2D eigenvalue weighted by atomic mass is 32.1. The summed E-state index contributed by atoms with van der Waals surface area (Å²) in [6.07, 6.45) is 3.82. The van der Waals surface area contributed by atoms with Crippen molar-refractivity contribution in [1.29, 1.82) is 0 Å². The fourth-order valence-electron chi connectivity index (χ4n) is 3.22. The van der Waals surface area contributed by atoms with Crippen LogP contribution in [0.5, 0.6) is 0 Å². The molecule has 0 aromatic carbocycles. The van der Waals surface area contributed by atoms with Gasteiger partial charge in [-0.25, -0.2) is 0 Å². The van der Waals surface area contributed by atoms with E-state index in [9.17, 15) is 9.59 Å². The van der Waals surface area contributed by atoms with Crippen LogP contribution in [-0.4, -0.2) is 29.3 Å². The molecule has 1 aliphatic carbocycles. The van der Waals surface area contributed by atoms with Crippen LogP contribution in [0, 0.1) is 18.8 Å². The van der Waals surface area contributed by atoms with E-state index in [4.69, 9.17) is 0 Å². The number of nitrogens with zero attached hydrogens (tertiary/aromatic N) is 1. The van der Waals surface area contributed by atoms with Crippen LogP contribution in [0.1, 0.15) is 43.0 Å². The van der Waals surface area contributed by atoms with Gasteiger partial charge in [0, 0.05) is 17.3 Å². The highest BCUT2D eigenvalue weighted by Crippen LogP contribution is 2.40. The minimum atomic E-state index is -0.269. The molecule has 0 radical (unpaired) electrons. The Morgan fingerprint density at radius 2 is 2.18 bits per heavy atom. The van der Waals surface area contributed by atoms with Gasteiger partial charge in [0.05, 0.1) is 6.54 Å². The summed E-state index contributed by atoms with van der Waals surface area (Å²) in [6, 6.07) is 1.80. The average molecular weight is 320 g/mol. The maximum absolute atomic E-state index is 12.5. The maximum Gasteiger partial charge on any atom is 0.243 e. The molecular formula is C17H24N2O2S. The van der Waals surface area contributed by atoms with Gasteiger partial charge in [-0.05, 0) is 55.5 Å². The number of likely N-dealkylation sites (tertiary alicyclic amines) is 1. The Hall–Kier alpha value is -1.36. The normalized spacial score (nSPS) is 27.5. The predicted molar refractivity (Wildman–Crippen MR) is 87.5 cm³/mol. The third-order valence-corrected chi connectivity index (χ3v) is 5.93. The molecule has 0 spiro atoms. The average Bonchev–Trinajstić information content (AvgIpc) is 3.12. The largest absolute Gasteiger partial charge is 0.349 e. The molecule has 5 heteroatoms. The van der Waals surface area contributed by atoms with Gasteiger partial charge in [-0.3, -0.25) is 9.59 Å². The first kappa shape index (κ1) is 15.5. The van der Waals surface area contributed by atoms with E-state index in [1.54, 1.807) is 11.3 Å². The fraction of sp³-hybridized carbons (Fsp3) is 0.647. The minimum absolute atomic E-state index is 0.00848. The van der Waals surface area contributed by atoms with Gasteiger partial charge in [0.15, 0.2) is 0 Å². The SMILES string of the molecule is Cc1ccsc1CNC(=O)[C@@H]1CCCCN1C(=O)[C@@H]1C[C@@H]1C. The lowest BCUT2D eigenvalue weighted by atomic mass is 10.0. The monoisotopic (exact) mass is 320 g/mol. The number of carbonyl (C=O) groups excluding carboxylic acids is 2. The van der Waals surface area contributed by atoms with Crippen LogP contribution in [-0.2, 0) is 16.1 Å². The number of aryl methyl sites for hydroxylation is 1. The second kappa shape index (κ2) is 6.41. The molecule has 120 valence electrons. The second-order valence-electron chi connectivity index (χ2n) is 6.61. The minimum Gasteiger partial charge on any atom is -0.349 e. The number of hydrogen-bond donors (Lipinski definition) is 1. The summed E-state index contributed by atoms with van der Waals surface area (Å²) in [5.74, 6) is 0.855. The highest BCUT2D eigenvalue weighted by molar-refractivity contribution is 7.10. The molecule has 2 amide bonds. The lowest BCUT2D eigenvalue weighted by Crippen LogP contribution is -2.52. The van der Waals surface area contributed by atoms with Crippen molar-refractivity contribution in [3.05, 3.63) is 21.9 Å². The van der Waals surface area contributed by atoms with E-state index < -0.39 is 0 Å². The first-order valence-electron chi connectivity index (χ1n) is 8.19. The lowest BCUT2D eigenvalue weighted by molar-refractivity contribution is -0.143. The molecule has 1 N–H and O–H groups in total. The first-order valence-corrected chi connectivity index (χ1v) is 9.07. The van der Waals surface area contributed by atoms with Crippen molar-refractivity contribution in [1.82, 2.24) is 10.2 Å². The summed E-state index contributed by atoms with van der Waals surface area (Å²) < 4.78 is 0. The molecule has 2 aliphatic rings. The number of rotatable bonds is 4. The number of hydrogen-bond acceptors (Lipinski definition) is 3. The van der Waals surface area contributed by atoms with Gasteiger partial charge in [0.25, 0.3) is 0 Å². The number of amides is 2. The zero-order valence-electron chi connectivity index (χ0n) is 13.3. The highest BCUT2D eigenvalue weighted by Gasteiger charge is 2.44. The van der Waals surface area contributed by atoms with E-state index in [0.717, 1.165) is 32.2 Å². The van der Waals surface area contributed by atoms with Crippen molar-refractivity contribution in [2.75, 3.05) is 6.54 Å². The summed E-state index contributed by atoms with van der Waals surface area (Å²) in [5.41, 5.74) is 1.22. The molecule has 0 unspecified atom stereocenters. The van der Waals surface area contributed by atoms with E-state index >= 15 is 0 Å². The zero-order valence-corrected chi connectivity index (χ0v) is 14.1. The first-order chi connectivity index (χ1) is 10.6. The molecule has 1 saturated heterocycles. The number of carbonyl (C=O) groups is 2. The standard InChI is InChI=1S/C17H24N2O2S/c1-11-6-8-22-15(11)10-18-16(20)14-5-3-4-7-19(14)17(21)13-9-12(13)2/h6,8,12-14H,3-5,7,9-10H2,1-2H3,(H,18,20)/t12-,13+,14-/m0/s1. The van der Waals surface area contributed by atoms with Gasteiger partial charge in [-0.15, -0.1) is 11.3 Å². The topological polar surface area (TPSA) is 49.4 Å². The Morgan fingerprint density at radius 1 is 1.41 bits per heavy atom. The Bertz CT molecular complexity index is 569. The van der Waals surface area contributed by atoms with E-state index in [2.05, 4.69) is 25.2 Å². The Morgan fingerprint density at radius 3 is 2.82 bits per heavy atom. The molecule has 1 aromatic rings. The van der Waals surface area contributed by atoms with Crippen LogP contribution in [0.15, 0.2) is 11.4 Å². The maximum atomic E-state index is 12.5. The van der Waals surface area contributed by atoms with Crippen LogP contribution < -0.4 is 5.32 Å². The fourth-order valence-corrected chi connectivity index (χ4v) is 4.06. The quantitative estimate of drug-likeness (QED) is 0.927. The van der Waals surface area contributed by atoms with Crippen LogP contribution in [0.25, 0.3) is 0 Å². The van der Waals surface area contributed by atoms with Crippen molar-refractivity contribution in [3.63, 3.8) is 0 Å². The third kappa shape index (κ3) is 3.19. The summed E-state index contributed by atoms with van der Waals surface area (Å²) >= 11 is 1.67. The Balaban J connectivity index is 1.61. The zero-order chi connectivity index (χ0) is 15.7. The van der Waals surface area contributed by atoms with Crippen LogP contribution in [0.3, 0.4) is 0 Å². The van der Waals surface area contributed by atoms with Crippen LogP contribution in [0.2, 0.25) is 0 Å². The van der Waals surface area contributed by atoms with Crippen molar-refractivity contribution in [2.45, 2.75) is 52.1 Å². The number of thiophene rings is 1. The molecule has 3 rings (SSSR count). The summed E-state index contributed by atoms with van der Waals surface area (Å²) in [6.45, 7) is 5.48. The van der Waals surface area contributed by atoms with E-state index in [0.29, 0.717) is 12.5 Å². The molecule has 4 nitrogen and oxygen atoms in total. The summed E-state index contributed by atoms with van der Waals surface area (Å²) in [5, 5.41) is 5.07. The third-order valence-electron chi connectivity index (χ3n) is 4.91. The van der Waals surface area contributed by atoms with Crippen molar-refractivity contribution < 1.29 is 9.59 Å². The molecule has 1 saturated carbocycles. The van der Waals surface area contributed by atoms with Gasteiger partial charge in [-0.2, -0.15) is 0 Å². The molecular weight excluding hydrogens is 296 g/mol. The molecule has 2 heterocycles. The van der Waals surface area contributed by atoms with Gasteiger partial charge >= 0.3 is 0 Å². The molecule has 0 bridgehead atoms. The van der Waals surface area contributed by atoms with Gasteiger partial charge < -0.3 is 10.2 Å². The van der Waals surface area contributed by atoms with Crippen molar-refractivity contribution in [2.24, 2.45) is 11.8 Å². The van der Waals surface area contributed by atoms with Gasteiger partial charge in [-0.1, -0.05) is 6.92 Å². The molecule has 3 atom stereocenters. The predicted octanol–water partition coefficient (Wildman–Crippen LogP) is 2.71. The summed E-state index contributed by atoms with van der Waals surface area (Å²) in [4.78, 5) is 28.1. The molecule has 1 aromatic heterocycles. The smallest absolute Gasteiger partial charge is 0.243 e. The van der Waals surface area contributed by atoms with Gasteiger partial charge in [0.2, 0.25) is 11.8 Å².